The van der Waals surface area contributed by atoms with Crippen LogP contribution in [0.4, 0.5) is 0 Å². The van der Waals surface area contributed by atoms with E-state index >= 15 is 0 Å². The van der Waals surface area contributed by atoms with Gasteiger partial charge in [0.25, 0.3) is 5.91 Å². The first kappa shape index (κ1) is 19.3. The Balaban J connectivity index is 1.65. The molecule has 2 rings (SSSR count). The van der Waals surface area contributed by atoms with Crippen molar-refractivity contribution in [2.75, 3.05) is 52.5 Å². The van der Waals surface area contributed by atoms with E-state index in [1.807, 2.05) is 5.38 Å². The van der Waals surface area contributed by atoms with Gasteiger partial charge in [-0.25, -0.2) is 4.98 Å². The number of aromatic nitrogens is 1. The minimum Gasteiger partial charge on any atom is -0.379 e. The standard InChI is InChI=1S/C17H30N4O2S/c1-3-20(4-2)8-6-5-7-18-17(22)15-14-24-16(19-15)13-21-9-11-23-12-10-21/h14H,3-13H2,1-2H3,(H,18,22). The minimum absolute atomic E-state index is 0.0534. The van der Waals surface area contributed by atoms with Gasteiger partial charge in [-0.3, -0.25) is 9.69 Å². The van der Waals surface area contributed by atoms with E-state index in [9.17, 15) is 4.79 Å². The summed E-state index contributed by atoms with van der Waals surface area (Å²) >= 11 is 1.56. The molecule has 6 nitrogen and oxygen atoms in total. The van der Waals surface area contributed by atoms with E-state index in [1.165, 1.54) is 0 Å². The normalized spacial score (nSPS) is 15.8. The van der Waals surface area contributed by atoms with E-state index in [0.717, 1.165) is 76.9 Å². The Kier molecular flexibility index (Phi) is 8.66. The summed E-state index contributed by atoms with van der Waals surface area (Å²) in [5.41, 5.74) is 0.548. The lowest BCUT2D eigenvalue weighted by molar-refractivity contribution is 0.0341. The highest BCUT2D eigenvalue weighted by atomic mass is 32.1. The highest BCUT2D eigenvalue weighted by molar-refractivity contribution is 7.09. The molecule has 1 aliphatic heterocycles. The number of hydrogen-bond donors (Lipinski definition) is 1. The van der Waals surface area contributed by atoms with Gasteiger partial charge in [0, 0.05) is 25.0 Å². The monoisotopic (exact) mass is 354 g/mol. The SMILES string of the molecule is CCN(CC)CCCCNC(=O)c1csc(CN2CCOCC2)n1. The molecule has 1 saturated heterocycles. The molecule has 0 aliphatic carbocycles. The first-order chi connectivity index (χ1) is 11.7. The van der Waals surface area contributed by atoms with E-state index in [4.69, 9.17) is 4.74 Å². The second-order valence-corrected chi connectivity index (χ2v) is 6.95. The number of carbonyl (C=O) groups is 1. The molecule has 1 aromatic heterocycles. The summed E-state index contributed by atoms with van der Waals surface area (Å²) < 4.78 is 5.35. The molecule has 1 fully saturated rings. The molecule has 0 atom stereocenters. The third-order valence-electron chi connectivity index (χ3n) is 4.33. The first-order valence-electron chi connectivity index (χ1n) is 8.98. The van der Waals surface area contributed by atoms with Gasteiger partial charge < -0.3 is 15.0 Å². The number of ether oxygens (including phenoxy) is 1. The molecule has 1 aromatic rings. The highest BCUT2D eigenvalue weighted by Crippen LogP contribution is 2.13. The zero-order valence-electron chi connectivity index (χ0n) is 14.9. The maximum Gasteiger partial charge on any atom is 0.270 e. The molecule has 1 amide bonds. The highest BCUT2D eigenvalue weighted by Gasteiger charge is 2.15. The molecule has 7 heteroatoms. The van der Waals surface area contributed by atoms with Gasteiger partial charge in [0.1, 0.15) is 10.7 Å². The van der Waals surface area contributed by atoms with Crippen LogP contribution >= 0.6 is 11.3 Å². The van der Waals surface area contributed by atoms with Crippen molar-refractivity contribution in [1.82, 2.24) is 20.1 Å². The van der Waals surface area contributed by atoms with Crippen LogP contribution in [0.15, 0.2) is 5.38 Å². The van der Waals surface area contributed by atoms with Crippen molar-refractivity contribution in [2.24, 2.45) is 0 Å². The Morgan fingerprint density at radius 2 is 2.08 bits per heavy atom. The van der Waals surface area contributed by atoms with E-state index in [1.54, 1.807) is 11.3 Å². The summed E-state index contributed by atoms with van der Waals surface area (Å²) in [7, 11) is 0. The van der Waals surface area contributed by atoms with Gasteiger partial charge in [-0.2, -0.15) is 0 Å². The smallest absolute Gasteiger partial charge is 0.270 e. The zero-order valence-corrected chi connectivity index (χ0v) is 15.7. The molecule has 1 aliphatic rings. The van der Waals surface area contributed by atoms with Crippen molar-refractivity contribution < 1.29 is 9.53 Å². The molecule has 0 radical (unpaired) electrons. The number of morpholine rings is 1. The lowest BCUT2D eigenvalue weighted by Gasteiger charge is -2.25. The van der Waals surface area contributed by atoms with Crippen molar-refractivity contribution in [3.63, 3.8) is 0 Å². The average molecular weight is 355 g/mol. The molecule has 0 spiro atoms. The van der Waals surface area contributed by atoms with E-state index in [2.05, 4.69) is 33.9 Å². The van der Waals surface area contributed by atoms with Crippen LogP contribution in [0.2, 0.25) is 0 Å². The number of nitrogens with zero attached hydrogens (tertiary/aromatic N) is 3. The van der Waals surface area contributed by atoms with Gasteiger partial charge in [-0.05, 0) is 32.5 Å². The predicted molar refractivity (Wildman–Crippen MR) is 97.6 cm³/mol. The van der Waals surface area contributed by atoms with Gasteiger partial charge >= 0.3 is 0 Å². The van der Waals surface area contributed by atoms with Crippen molar-refractivity contribution in [2.45, 2.75) is 33.2 Å². The van der Waals surface area contributed by atoms with Crippen molar-refractivity contribution in [3.8, 4) is 0 Å². The van der Waals surface area contributed by atoms with E-state index < -0.39 is 0 Å². The first-order valence-corrected chi connectivity index (χ1v) is 9.86. The van der Waals surface area contributed by atoms with Crippen LogP contribution in [0.3, 0.4) is 0 Å². The number of nitrogens with one attached hydrogen (secondary N) is 1. The molecule has 2 heterocycles. The molecule has 0 bridgehead atoms. The fraction of sp³-hybridized carbons (Fsp3) is 0.765. The van der Waals surface area contributed by atoms with Crippen LogP contribution in [0, 0.1) is 0 Å². The number of carbonyl (C=O) groups excluding carboxylic acids is 1. The maximum absolute atomic E-state index is 12.1. The van der Waals surface area contributed by atoms with Crippen LogP contribution in [-0.4, -0.2) is 73.2 Å². The topological polar surface area (TPSA) is 57.7 Å². The number of amides is 1. The van der Waals surface area contributed by atoms with Gasteiger partial charge in [0.05, 0.1) is 19.8 Å². The summed E-state index contributed by atoms with van der Waals surface area (Å²) in [5, 5.41) is 5.84. The number of thiazole rings is 1. The third kappa shape index (κ3) is 6.47. The third-order valence-corrected chi connectivity index (χ3v) is 5.16. The second-order valence-electron chi connectivity index (χ2n) is 6.00. The Bertz CT molecular complexity index is 485. The number of rotatable bonds is 10. The Labute approximate surface area is 149 Å². The molecular weight excluding hydrogens is 324 g/mol. The summed E-state index contributed by atoms with van der Waals surface area (Å²) in [6.07, 6.45) is 2.12. The molecule has 0 unspecified atom stereocenters. The van der Waals surface area contributed by atoms with Crippen LogP contribution in [0.5, 0.6) is 0 Å². The average Bonchev–Trinajstić information content (AvgIpc) is 3.07. The van der Waals surface area contributed by atoms with Gasteiger partial charge in [0.15, 0.2) is 0 Å². The number of unbranched alkanes of at least 4 members (excludes halogenated alkanes) is 1. The van der Waals surface area contributed by atoms with Gasteiger partial charge in [-0.1, -0.05) is 13.8 Å². The molecule has 0 saturated carbocycles. The van der Waals surface area contributed by atoms with Crippen molar-refractivity contribution >= 4 is 17.2 Å². The lowest BCUT2D eigenvalue weighted by atomic mass is 10.3. The minimum atomic E-state index is -0.0534. The summed E-state index contributed by atoms with van der Waals surface area (Å²) in [5.74, 6) is -0.0534. The fourth-order valence-electron chi connectivity index (χ4n) is 2.73. The van der Waals surface area contributed by atoms with Gasteiger partial charge in [0.2, 0.25) is 0 Å². The fourth-order valence-corrected chi connectivity index (χ4v) is 3.55. The molecular formula is C17H30N4O2S. The Hall–Kier alpha value is -1.02. The Morgan fingerprint density at radius 3 is 2.79 bits per heavy atom. The predicted octanol–water partition coefficient (Wildman–Crippen LogP) is 1.83. The quantitative estimate of drug-likeness (QED) is 0.650. The molecule has 136 valence electrons. The van der Waals surface area contributed by atoms with Crippen LogP contribution in [-0.2, 0) is 11.3 Å². The van der Waals surface area contributed by atoms with Gasteiger partial charge in [-0.15, -0.1) is 11.3 Å². The summed E-state index contributed by atoms with van der Waals surface area (Å²) in [4.78, 5) is 21.3. The summed E-state index contributed by atoms with van der Waals surface area (Å²) in [6, 6.07) is 0. The van der Waals surface area contributed by atoms with Crippen LogP contribution in [0.1, 0.15) is 42.2 Å². The van der Waals surface area contributed by atoms with Crippen LogP contribution < -0.4 is 5.32 Å². The maximum atomic E-state index is 12.1. The molecule has 1 N–H and O–H groups in total. The zero-order chi connectivity index (χ0) is 17.2. The summed E-state index contributed by atoms with van der Waals surface area (Å²) in [6.45, 7) is 12.6. The van der Waals surface area contributed by atoms with E-state index in [0.29, 0.717) is 5.69 Å². The van der Waals surface area contributed by atoms with Crippen molar-refractivity contribution in [1.29, 1.82) is 0 Å². The van der Waals surface area contributed by atoms with Crippen molar-refractivity contribution in [3.05, 3.63) is 16.1 Å². The Morgan fingerprint density at radius 1 is 1.33 bits per heavy atom. The lowest BCUT2D eigenvalue weighted by Crippen LogP contribution is -2.35. The van der Waals surface area contributed by atoms with Crippen LogP contribution in [0.25, 0.3) is 0 Å². The molecule has 24 heavy (non-hydrogen) atoms. The molecule has 0 aromatic carbocycles. The van der Waals surface area contributed by atoms with E-state index in [-0.39, 0.29) is 5.91 Å². The number of hydrogen-bond acceptors (Lipinski definition) is 6. The largest absolute Gasteiger partial charge is 0.379 e. The second kappa shape index (κ2) is 10.8.